The van der Waals surface area contributed by atoms with Gasteiger partial charge in [0.15, 0.2) is 6.61 Å². The van der Waals surface area contributed by atoms with E-state index in [9.17, 15) is 4.79 Å². The summed E-state index contributed by atoms with van der Waals surface area (Å²) in [6.45, 7) is 4.63. The predicted octanol–water partition coefficient (Wildman–Crippen LogP) is 2.15. The van der Waals surface area contributed by atoms with Crippen LogP contribution in [0.2, 0.25) is 0 Å². The molecule has 1 aromatic carbocycles. The van der Waals surface area contributed by atoms with E-state index in [4.69, 9.17) is 4.74 Å². The minimum absolute atomic E-state index is 0.0187. The second kappa shape index (κ2) is 6.78. The first kappa shape index (κ1) is 15.5. The Morgan fingerprint density at radius 3 is 3.04 bits per heavy atom. The van der Waals surface area contributed by atoms with Gasteiger partial charge in [-0.2, -0.15) is 5.10 Å². The lowest BCUT2D eigenvalue weighted by atomic mass is 10.1. The summed E-state index contributed by atoms with van der Waals surface area (Å²) in [6.07, 6.45) is 2.24. The minimum Gasteiger partial charge on any atom is -0.484 e. The van der Waals surface area contributed by atoms with Crippen LogP contribution in [0.25, 0.3) is 4.96 Å². The van der Waals surface area contributed by atoms with Crippen molar-refractivity contribution in [2.45, 2.75) is 20.3 Å². The largest absolute Gasteiger partial charge is 0.484 e. The fourth-order valence-corrected chi connectivity index (χ4v) is 3.01. The number of aromatic nitrogens is 3. The maximum absolute atomic E-state index is 11.8. The lowest BCUT2D eigenvalue weighted by Crippen LogP contribution is -2.30. The number of benzene rings is 1. The molecule has 3 rings (SSSR count). The second-order valence-electron chi connectivity index (χ2n) is 5.32. The Bertz CT molecular complexity index is 824. The number of hydrogen-bond acceptors (Lipinski definition) is 5. The lowest BCUT2D eigenvalue weighted by Gasteiger charge is -2.09. The summed E-state index contributed by atoms with van der Waals surface area (Å²) in [7, 11) is 0. The zero-order chi connectivity index (χ0) is 16.2. The SMILES string of the molecule is Cc1ccc(OCC(=O)NCCc2csc3ncnn23)cc1C. The molecule has 0 aliphatic rings. The Kier molecular flexibility index (Phi) is 4.57. The van der Waals surface area contributed by atoms with Crippen molar-refractivity contribution in [2.75, 3.05) is 13.2 Å². The molecule has 120 valence electrons. The maximum atomic E-state index is 11.8. The third-order valence-corrected chi connectivity index (χ3v) is 4.52. The van der Waals surface area contributed by atoms with Crippen LogP contribution >= 0.6 is 11.3 Å². The molecule has 0 unspecified atom stereocenters. The van der Waals surface area contributed by atoms with Crippen LogP contribution in [0.3, 0.4) is 0 Å². The minimum atomic E-state index is -0.131. The monoisotopic (exact) mass is 330 g/mol. The molecule has 3 aromatic rings. The van der Waals surface area contributed by atoms with Gasteiger partial charge in [-0.05, 0) is 37.1 Å². The van der Waals surface area contributed by atoms with Gasteiger partial charge in [0.05, 0.1) is 5.69 Å². The molecular weight excluding hydrogens is 312 g/mol. The van der Waals surface area contributed by atoms with Crippen LogP contribution in [-0.2, 0) is 11.2 Å². The fraction of sp³-hybridized carbons (Fsp3) is 0.312. The van der Waals surface area contributed by atoms with Crippen molar-refractivity contribution in [3.05, 3.63) is 46.7 Å². The number of amides is 1. The number of aryl methyl sites for hydroxylation is 2. The zero-order valence-corrected chi connectivity index (χ0v) is 13.9. The van der Waals surface area contributed by atoms with Gasteiger partial charge >= 0.3 is 0 Å². The van der Waals surface area contributed by atoms with Crippen LogP contribution in [0, 0.1) is 13.8 Å². The predicted molar refractivity (Wildman–Crippen MR) is 89.0 cm³/mol. The molecule has 2 heterocycles. The van der Waals surface area contributed by atoms with Crippen molar-refractivity contribution in [1.29, 1.82) is 0 Å². The van der Waals surface area contributed by atoms with Crippen LogP contribution in [0.1, 0.15) is 16.8 Å². The number of nitrogens with zero attached hydrogens (tertiary/aromatic N) is 3. The summed E-state index contributed by atoms with van der Waals surface area (Å²) in [5.74, 6) is 0.582. The number of carbonyl (C=O) groups is 1. The van der Waals surface area contributed by atoms with Crippen molar-refractivity contribution in [2.24, 2.45) is 0 Å². The van der Waals surface area contributed by atoms with E-state index in [0.29, 0.717) is 18.7 Å². The average Bonchev–Trinajstić information content (AvgIpc) is 3.13. The Morgan fingerprint density at radius 1 is 1.35 bits per heavy atom. The van der Waals surface area contributed by atoms with Crippen molar-refractivity contribution in [3.63, 3.8) is 0 Å². The van der Waals surface area contributed by atoms with Crippen LogP contribution in [-0.4, -0.2) is 33.7 Å². The van der Waals surface area contributed by atoms with E-state index >= 15 is 0 Å². The topological polar surface area (TPSA) is 68.5 Å². The highest BCUT2D eigenvalue weighted by Crippen LogP contribution is 2.16. The normalized spacial score (nSPS) is 10.9. The Labute approximate surface area is 138 Å². The number of nitrogens with one attached hydrogen (secondary N) is 1. The molecule has 23 heavy (non-hydrogen) atoms. The van der Waals surface area contributed by atoms with Gasteiger partial charge in [0, 0.05) is 18.3 Å². The smallest absolute Gasteiger partial charge is 0.257 e. The number of carbonyl (C=O) groups excluding carboxylic acids is 1. The summed E-state index contributed by atoms with van der Waals surface area (Å²) in [5.41, 5.74) is 3.40. The van der Waals surface area contributed by atoms with Crippen LogP contribution in [0.4, 0.5) is 0 Å². The first-order valence-electron chi connectivity index (χ1n) is 7.36. The van der Waals surface area contributed by atoms with Gasteiger partial charge in [-0.1, -0.05) is 6.07 Å². The third kappa shape index (κ3) is 3.68. The Morgan fingerprint density at radius 2 is 2.22 bits per heavy atom. The van der Waals surface area contributed by atoms with Crippen molar-refractivity contribution < 1.29 is 9.53 Å². The van der Waals surface area contributed by atoms with E-state index in [-0.39, 0.29) is 12.5 Å². The number of thiazole rings is 1. The molecule has 1 N–H and O–H groups in total. The van der Waals surface area contributed by atoms with Crippen LogP contribution < -0.4 is 10.1 Å². The highest BCUT2D eigenvalue weighted by atomic mass is 32.1. The highest BCUT2D eigenvalue weighted by molar-refractivity contribution is 7.15. The van der Waals surface area contributed by atoms with Gasteiger partial charge in [-0.25, -0.2) is 9.50 Å². The molecule has 2 aromatic heterocycles. The van der Waals surface area contributed by atoms with Gasteiger partial charge in [-0.15, -0.1) is 11.3 Å². The van der Waals surface area contributed by atoms with Crippen molar-refractivity contribution >= 4 is 22.2 Å². The van der Waals surface area contributed by atoms with Gasteiger partial charge in [-0.3, -0.25) is 4.79 Å². The van der Waals surface area contributed by atoms with E-state index in [1.165, 1.54) is 11.9 Å². The summed E-state index contributed by atoms with van der Waals surface area (Å²) in [4.78, 5) is 16.8. The average molecular weight is 330 g/mol. The van der Waals surface area contributed by atoms with Gasteiger partial charge in [0.2, 0.25) is 4.96 Å². The molecule has 7 heteroatoms. The molecule has 6 nitrogen and oxygen atoms in total. The molecular formula is C16H18N4O2S. The van der Waals surface area contributed by atoms with Gasteiger partial charge < -0.3 is 10.1 Å². The number of ether oxygens (including phenoxy) is 1. The summed E-state index contributed by atoms with van der Waals surface area (Å²) < 4.78 is 7.31. The highest BCUT2D eigenvalue weighted by Gasteiger charge is 2.07. The third-order valence-electron chi connectivity index (χ3n) is 3.64. The maximum Gasteiger partial charge on any atom is 0.257 e. The molecule has 0 radical (unpaired) electrons. The van der Waals surface area contributed by atoms with E-state index in [0.717, 1.165) is 16.2 Å². The van der Waals surface area contributed by atoms with Crippen molar-refractivity contribution in [1.82, 2.24) is 19.9 Å². The van der Waals surface area contributed by atoms with Crippen LogP contribution in [0.5, 0.6) is 5.75 Å². The summed E-state index contributed by atoms with van der Waals surface area (Å²) >= 11 is 1.54. The Hall–Kier alpha value is -2.41. The first-order valence-corrected chi connectivity index (χ1v) is 8.24. The quantitative estimate of drug-likeness (QED) is 0.752. The number of hydrogen-bond donors (Lipinski definition) is 1. The molecule has 1 amide bonds. The first-order chi connectivity index (χ1) is 11.1. The van der Waals surface area contributed by atoms with Crippen LogP contribution in [0.15, 0.2) is 29.9 Å². The molecule has 0 saturated heterocycles. The van der Waals surface area contributed by atoms with E-state index in [1.54, 1.807) is 15.9 Å². The second-order valence-corrected chi connectivity index (χ2v) is 6.15. The van der Waals surface area contributed by atoms with E-state index in [1.807, 2.05) is 37.4 Å². The molecule has 0 fully saturated rings. The summed E-state index contributed by atoms with van der Waals surface area (Å²) in [6, 6.07) is 5.81. The molecule has 0 aliphatic carbocycles. The molecule has 0 aliphatic heterocycles. The van der Waals surface area contributed by atoms with Crippen molar-refractivity contribution in [3.8, 4) is 5.75 Å². The standard InChI is InChI=1S/C16H18N4O2S/c1-11-3-4-14(7-12(11)2)22-8-15(21)17-6-5-13-9-23-16-18-10-19-20(13)16/h3-4,7,9-10H,5-6,8H2,1-2H3,(H,17,21). The fourth-order valence-electron chi connectivity index (χ4n) is 2.18. The molecule has 0 spiro atoms. The molecule has 0 saturated carbocycles. The van der Waals surface area contributed by atoms with E-state index < -0.39 is 0 Å². The molecule has 0 atom stereocenters. The number of rotatable bonds is 6. The molecule has 0 bridgehead atoms. The zero-order valence-electron chi connectivity index (χ0n) is 13.1. The Balaban J connectivity index is 1.44. The summed E-state index contributed by atoms with van der Waals surface area (Å²) in [5, 5.41) is 9.01. The van der Waals surface area contributed by atoms with Gasteiger partial charge in [0.25, 0.3) is 5.91 Å². The lowest BCUT2D eigenvalue weighted by molar-refractivity contribution is -0.123. The van der Waals surface area contributed by atoms with Gasteiger partial charge in [0.1, 0.15) is 12.1 Å². The van der Waals surface area contributed by atoms with E-state index in [2.05, 4.69) is 15.4 Å². The number of fused-ring (bicyclic) bond motifs is 1.